The third-order valence-electron chi connectivity index (χ3n) is 5.67. The molecule has 1 aromatic carbocycles. The molecule has 0 fully saturated rings. The SMILES string of the molecule is Cc1ccc(C(=O)N2CCc3c(nn(C)c3-c3cc(C(F)(F)F)n(C)n3)[C@@H]2C)c(F)c1. The van der Waals surface area contributed by atoms with E-state index in [9.17, 15) is 22.4 Å². The average Bonchev–Trinajstić information content (AvgIpc) is 3.21. The van der Waals surface area contributed by atoms with Gasteiger partial charge in [-0.1, -0.05) is 6.07 Å². The van der Waals surface area contributed by atoms with E-state index in [4.69, 9.17) is 0 Å². The van der Waals surface area contributed by atoms with Crippen molar-refractivity contribution in [2.24, 2.45) is 14.1 Å². The normalized spacial score (nSPS) is 16.5. The number of fused-ring (bicyclic) bond motifs is 1. The van der Waals surface area contributed by atoms with Crippen molar-refractivity contribution in [2.45, 2.75) is 32.5 Å². The topological polar surface area (TPSA) is 56.0 Å². The highest BCUT2D eigenvalue weighted by Crippen LogP contribution is 2.38. The number of hydrogen-bond acceptors (Lipinski definition) is 3. The van der Waals surface area contributed by atoms with Crippen LogP contribution in [0.25, 0.3) is 11.4 Å². The summed E-state index contributed by atoms with van der Waals surface area (Å²) in [6.07, 6.45) is -4.15. The molecule has 164 valence electrons. The van der Waals surface area contributed by atoms with E-state index < -0.39 is 29.6 Å². The predicted molar refractivity (Wildman–Crippen MR) is 105 cm³/mol. The molecule has 1 atom stereocenters. The number of benzene rings is 1. The van der Waals surface area contributed by atoms with E-state index in [2.05, 4.69) is 10.2 Å². The third-order valence-corrected chi connectivity index (χ3v) is 5.67. The fraction of sp³-hybridized carbons (Fsp3) is 0.381. The van der Waals surface area contributed by atoms with Gasteiger partial charge in [-0.05, 0) is 44.0 Å². The number of amides is 1. The van der Waals surface area contributed by atoms with Gasteiger partial charge in [0.15, 0.2) is 0 Å². The van der Waals surface area contributed by atoms with Crippen LogP contribution in [0.2, 0.25) is 0 Å². The fourth-order valence-corrected chi connectivity index (χ4v) is 4.14. The summed E-state index contributed by atoms with van der Waals surface area (Å²) in [7, 11) is 2.88. The molecule has 0 spiro atoms. The highest BCUT2D eigenvalue weighted by atomic mass is 19.4. The van der Waals surface area contributed by atoms with E-state index in [0.717, 1.165) is 16.3 Å². The van der Waals surface area contributed by atoms with Gasteiger partial charge in [0, 0.05) is 26.2 Å². The van der Waals surface area contributed by atoms with Crippen molar-refractivity contribution in [1.82, 2.24) is 24.5 Å². The molecule has 1 amide bonds. The lowest BCUT2D eigenvalue weighted by molar-refractivity contribution is -0.143. The molecular formula is C21H21F4N5O. The van der Waals surface area contributed by atoms with E-state index in [1.807, 2.05) is 0 Å². The van der Waals surface area contributed by atoms with E-state index >= 15 is 0 Å². The first kappa shape index (κ1) is 21.1. The van der Waals surface area contributed by atoms with Gasteiger partial charge in [0.05, 0.1) is 23.0 Å². The van der Waals surface area contributed by atoms with Gasteiger partial charge in [0.25, 0.3) is 5.91 Å². The zero-order valence-corrected chi connectivity index (χ0v) is 17.5. The van der Waals surface area contributed by atoms with Gasteiger partial charge in [-0.3, -0.25) is 14.2 Å². The van der Waals surface area contributed by atoms with E-state index in [-0.39, 0.29) is 17.8 Å². The van der Waals surface area contributed by atoms with Gasteiger partial charge < -0.3 is 4.90 Å². The number of halogens is 4. The minimum atomic E-state index is -4.52. The Kier molecular flexibility index (Phi) is 4.90. The van der Waals surface area contributed by atoms with Gasteiger partial charge in [0.2, 0.25) is 0 Å². The van der Waals surface area contributed by atoms with E-state index in [0.29, 0.717) is 23.4 Å². The van der Waals surface area contributed by atoms with Gasteiger partial charge in [-0.2, -0.15) is 23.4 Å². The lowest BCUT2D eigenvalue weighted by Gasteiger charge is -2.33. The summed E-state index contributed by atoms with van der Waals surface area (Å²) in [5, 5.41) is 8.51. The molecule has 0 aliphatic carbocycles. The van der Waals surface area contributed by atoms with E-state index in [1.54, 1.807) is 27.0 Å². The van der Waals surface area contributed by atoms with E-state index in [1.165, 1.54) is 28.8 Å². The molecule has 3 aromatic rings. The summed E-state index contributed by atoms with van der Waals surface area (Å²) >= 11 is 0. The zero-order valence-electron chi connectivity index (χ0n) is 17.5. The number of nitrogens with zero attached hydrogens (tertiary/aromatic N) is 5. The highest BCUT2D eigenvalue weighted by molar-refractivity contribution is 5.95. The summed E-state index contributed by atoms with van der Waals surface area (Å²) in [6.45, 7) is 3.81. The second kappa shape index (κ2) is 7.21. The molecule has 0 N–H and O–H groups in total. The maximum Gasteiger partial charge on any atom is 0.433 e. The maximum absolute atomic E-state index is 14.3. The van der Waals surface area contributed by atoms with Crippen molar-refractivity contribution in [3.8, 4) is 11.4 Å². The Morgan fingerprint density at radius 2 is 1.84 bits per heavy atom. The zero-order chi connectivity index (χ0) is 22.7. The first-order valence-electron chi connectivity index (χ1n) is 9.73. The molecule has 2 aromatic heterocycles. The van der Waals surface area contributed by atoms with Crippen molar-refractivity contribution < 1.29 is 22.4 Å². The van der Waals surface area contributed by atoms with Crippen LogP contribution in [0.4, 0.5) is 17.6 Å². The molecule has 0 unspecified atom stereocenters. The molecule has 1 aliphatic rings. The minimum Gasteiger partial charge on any atom is -0.330 e. The minimum absolute atomic E-state index is 0.0170. The second-order valence-electron chi connectivity index (χ2n) is 7.78. The molecule has 10 heteroatoms. The van der Waals surface area contributed by atoms with Crippen LogP contribution in [0.3, 0.4) is 0 Å². The van der Waals surface area contributed by atoms with Crippen LogP contribution in [0, 0.1) is 12.7 Å². The van der Waals surface area contributed by atoms with Crippen molar-refractivity contribution >= 4 is 5.91 Å². The standard InChI is InChI=1S/C21H21F4N5O/c1-11-5-6-13(15(22)9-11)20(31)30-8-7-14-18(12(30)2)27-29(4)19(14)16-10-17(21(23,24)25)28(3)26-16/h5-6,9-10,12H,7-8H2,1-4H3/t12-/m0/s1. The monoisotopic (exact) mass is 435 g/mol. The Bertz CT molecular complexity index is 1180. The number of aromatic nitrogens is 4. The van der Waals surface area contributed by atoms with Gasteiger partial charge in [-0.25, -0.2) is 4.39 Å². The summed E-state index contributed by atoms with van der Waals surface area (Å²) in [5.41, 5.74) is 1.82. The first-order chi connectivity index (χ1) is 14.5. The molecule has 0 bridgehead atoms. The van der Waals surface area contributed by atoms with Crippen LogP contribution < -0.4 is 0 Å². The number of alkyl halides is 3. The Balaban J connectivity index is 1.70. The molecule has 0 radical (unpaired) electrons. The molecule has 6 nitrogen and oxygen atoms in total. The van der Waals surface area contributed by atoms with Crippen molar-refractivity contribution in [3.05, 3.63) is 58.2 Å². The summed E-state index contributed by atoms with van der Waals surface area (Å²) in [5.74, 6) is -1.03. The average molecular weight is 435 g/mol. The van der Waals surface area contributed by atoms with Crippen molar-refractivity contribution in [2.75, 3.05) is 6.54 Å². The summed E-state index contributed by atoms with van der Waals surface area (Å²) in [4.78, 5) is 14.5. The Labute approximate surface area is 176 Å². The number of aryl methyl sites for hydroxylation is 3. The maximum atomic E-state index is 14.3. The first-order valence-corrected chi connectivity index (χ1v) is 9.73. The van der Waals surface area contributed by atoms with Crippen LogP contribution in [0.5, 0.6) is 0 Å². The molecule has 0 saturated heterocycles. The molecular weight excluding hydrogens is 414 g/mol. The highest BCUT2D eigenvalue weighted by Gasteiger charge is 2.38. The Morgan fingerprint density at radius 1 is 1.13 bits per heavy atom. The van der Waals surface area contributed by atoms with Crippen LogP contribution in [0.1, 0.15) is 45.8 Å². The Hall–Kier alpha value is -3.17. The quantitative estimate of drug-likeness (QED) is 0.571. The molecule has 4 rings (SSSR count). The van der Waals surface area contributed by atoms with Gasteiger partial charge in [-0.15, -0.1) is 0 Å². The van der Waals surface area contributed by atoms with Crippen LogP contribution in [0.15, 0.2) is 24.3 Å². The number of carbonyl (C=O) groups is 1. The Morgan fingerprint density at radius 3 is 2.45 bits per heavy atom. The lowest BCUT2D eigenvalue weighted by atomic mass is 9.96. The fourth-order valence-electron chi connectivity index (χ4n) is 4.14. The largest absolute Gasteiger partial charge is 0.433 e. The molecule has 31 heavy (non-hydrogen) atoms. The van der Waals surface area contributed by atoms with Crippen LogP contribution in [-0.4, -0.2) is 36.9 Å². The lowest BCUT2D eigenvalue weighted by Crippen LogP contribution is -2.39. The summed E-state index contributed by atoms with van der Waals surface area (Å²) < 4.78 is 56.2. The number of hydrogen-bond donors (Lipinski definition) is 0. The van der Waals surface area contributed by atoms with Gasteiger partial charge in [0.1, 0.15) is 17.2 Å². The van der Waals surface area contributed by atoms with Gasteiger partial charge >= 0.3 is 6.18 Å². The number of rotatable bonds is 2. The molecule has 3 heterocycles. The predicted octanol–water partition coefficient (Wildman–Crippen LogP) is 4.05. The number of carbonyl (C=O) groups excluding carboxylic acids is 1. The molecule has 0 saturated carbocycles. The third kappa shape index (κ3) is 3.49. The molecule has 1 aliphatic heterocycles. The second-order valence-corrected chi connectivity index (χ2v) is 7.78. The smallest absolute Gasteiger partial charge is 0.330 e. The summed E-state index contributed by atoms with van der Waals surface area (Å²) in [6, 6.07) is 4.98. The van der Waals surface area contributed by atoms with Crippen LogP contribution in [-0.2, 0) is 26.7 Å². The van der Waals surface area contributed by atoms with Crippen molar-refractivity contribution in [3.63, 3.8) is 0 Å². The van der Waals surface area contributed by atoms with Crippen molar-refractivity contribution in [1.29, 1.82) is 0 Å². The van der Waals surface area contributed by atoms with Crippen LogP contribution >= 0.6 is 0 Å².